The van der Waals surface area contributed by atoms with Crippen molar-refractivity contribution in [3.8, 4) is 5.75 Å². The lowest BCUT2D eigenvalue weighted by Crippen LogP contribution is -2.43. The smallest absolute Gasteiger partial charge is 0.115 e. The highest BCUT2D eigenvalue weighted by atomic mass is 16.3. The van der Waals surface area contributed by atoms with Crippen LogP contribution in [0.25, 0.3) is 0 Å². The summed E-state index contributed by atoms with van der Waals surface area (Å²) in [5, 5.41) is 19.5. The second-order valence-corrected chi connectivity index (χ2v) is 4.88. The molecule has 1 aromatic carbocycles. The van der Waals surface area contributed by atoms with Gasteiger partial charge in [0.25, 0.3) is 0 Å². The Bertz CT molecular complexity index is 367. The third kappa shape index (κ3) is 3.20. The van der Waals surface area contributed by atoms with E-state index in [1.165, 1.54) is 0 Å². The molecule has 1 saturated heterocycles. The molecule has 3 nitrogen and oxygen atoms in total. The summed E-state index contributed by atoms with van der Waals surface area (Å²) >= 11 is 0. The maximum Gasteiger partial charge on any atom is 0.115 e. The van der Waals surface area contributed by atoms with Gasteiger partial charge < -0.3 is 15.1 Å². The molecule has 2 unspecified atom stereocenters. The lowest BCUT2D eigenvalue weighted by atomic mass is 9.88. The summed E-state index contributed by atoms with van der Waals surface area (Å²) in [6.45, 7) is 5.15. The maximum absolute atomic E-state index is 10.0. The number of likely N-dealkylation sites (tertiary alicyclic amines) is 1. The summed E-state index contributed by atoms with van der Waals surface area (Å²) in [5.41, 5.74) is 1.10. The molecule has 0 aliphatic carbocycles. The third-order valence-corrected chi connectivity index (χ3v) is 3.63. The summed E-state index contributed by atoms with van der Waals surface area (Å²) in [5.74, 6) is 0.589. The second kappa shape index (κ2) is 5.52. The highest BCUT2D eigenvalue weighted by Crippen LogP contribution is 2.22. The standard InChI is InChI=1S/C14H21NO2/c1-2-15-7-6-14(17)12(10-15)8-11-4-3-5-13(16)9-11/h3-5,9,12,14,16-17H,2,6-8,10H2,1H3. The topological polar surface area (TPSA) is 43.7 Å². The van der Waals surface area contributed by atoms with Gasteiger partial charge in [-0.2, -0.15) is 0 Å². The zero-order valence-corrected chi connectivity index (χ0v) is 10.3. The average Bonchev–Trinajstić information content (AvgIpc) is 2.32. The molecule has 0 saturated carbocycles. The Labute approximate surface area is 103 Å². The summed E-state index contributed by atoms with van der Waals surface area (Å²) in [7, 11) is 0. The van der Waals surface area contributed by atoms with Gasteiger partial charge in [0.2, 0.25) is 0 Å². The van der Waals surface area contributed by atoms with Gasteiger partial charge >= 0.3 is 0 Å². The van der Waals surface area contributed by atoms with Crippen molar-refractivity contribution >= 4 is 0 Å². The van der Waals surface area contributed by atoms with E-state index in [2.05, 4.69) is 11.8 Å². The number of hydrogen-bond acceptors (Lipinski definition) is 3. The minimum absolute atomic E-state index is 0.208. The van der Waals surface area contributed by atoms with E-state index in [-0.39, 0.29) is 12.0 Å². The van der Waals surface area contributed by atoms with E-state index in [0.717, 1.165) is 38.0 Å². The van der Waals surface area contributed by atoms with Crippen LogP contribution in [0.3, 0.4) is 0 Å². The predicted octanol–water partition coefficient (Wildman–Crippen LogP) is 1.64. The Kier molecular flexibility index (Phi) is 4.02. The monoisotopic (exact) mass is 235 g/mol. The van der Waals surface area contributed by atoms with Crippen molar-refractivity contribution in [2.45, 2.75) is 25.9 Å². The molecule has 2 N–H and O–H groups in total. The molecule has 17 heavy (non-hydrogen) atoms. The highest BCUT2D eigenvalue weighted by molar-refractivity contribution is 5.27. The number of rotatable bonds is 3. The zero-order chi connectivity index (χ0) is 12.3. The number of piperidine rings is 1. The van der Waals surface area contributed by atoms with E-state index in [4.69, 9.17) is 0 Å². The van der Waals surface area contributed by atoms with Crippen LogP contribution in [-0.4, -0.2) is 40.9 Å². The molecule has 1 aromatic rings. The molecular formula is C14H21NO2. The van der Waals surface area contributed by atoms with Crippen molar-refractivity contribution in [2.24, 2.45) is 5.92 Å². The highest BCUT2D eigenvalue weighted by Gasteiger charge is 2.26. The normalized spacial score (nSPS) is 26.0. The van der Waals surface area contributed by atoms with Crippen LogP contribution < -0.4 is 0 Å². The van der Waals surface area contributed by atoms with Gasteiger partial charge in [-0.1, -0.05) is 19.1 Å². The molecule has 0 radical (unpaired) electrons. The predicted molar refractivity (Wildman–Crippen MR) is 68.0 cm³/mol. The largest absolute Gasteiger partial charge is 0.508 e. The first-order chi connectivity index (χ1) is 8.19. The lowest BCUT2D eigenvalue weighted by Gasteiger charge is -2.35. The molecule has 94 valence electrons. The zero-order valence-electron chi connectivity index (χ0n) is 10.3. The van der Waals surface area contributed by atoms with E-state index >= 15 is 0 Å². The Hall–Kier alpha value is -1.06. The first-order valence-corrected chi connectivity index (χ1v) is 6.37. The Morgan fingerprint density at radius 2 is 2.24 bits per heavy atom. The quantitative estimate of drug-likeness (QED) is 0.837. The number of aromatic hydroxyl groups is 1. The van der Waals surface area contributed by atoms with E-state index in [1.54, 1.807) is 12.1 Å². The summed E-state index contributed by atoms with van der Waals surface area (Å²) < 4.78 is 0. The summed E-state index contributed by atoms with van der Waals surface area (Å²) in [4.78, 5) is 2.38. The van der Waals surface area contributed by atoms with Crippen molar-refractivity contribution < 1.29 is 10.2 Å². The van der Waals surface area contributed by atoms with Gasteiger partial charge in [-0.3, -0.25) is 0 Å². The number of phenolic OH excluding ortho intramolecular Hbond substituents is 1. The van der Waals surface area contributed by atoms with Crippen LogP contribution in [0.15, 0.2) is 24.3 Å². The van der Waals surface area contributed by atoms with Crippen LogP contribution in [0.4, 0.5) is 0 Å². The lowest BCUT2D eigenvalue weighted by molar-refractivity contribution is 0.0290. The van der Waals surface area contributed by atoms with Gasteiger partial charge in [-0.05, 0) is 37.1 Å². The number of phenols is 1. The number of aliphatic hydroxyl groups is 1. The van der Waals surface area contributed by atoms with E-state index < -0.39 is 0 Å². The molecule has 0 aromatic heterocycles. The van der Waals surface area contributed by atoms with Crippen LogP contribution in [0, 0.1) is 5.92 Å². The molecule has 3 heteroatoms. The van der Waals surface area contributed by atoms with Gasteiger partial charge in [-0.25, -0.2) is 0 Å². The molecule has 1 aliphatic rings. The molecule has 0 amide bonds. The molecule has 0 spiro atoms. The van der Waals surface area contributed by atoms with Crippen molar-refractivity contribution in [3.05, 3.63) is 29.8 Å². The van der Waals surface area contributed by atoms with Gasteiger partial charge in [0.15, 0.2) is 0 Å². The van der Waals surface area contributed by atoms with Gasteiger partial charge in [0.05, 0.1) is 6.10 Å². The number of benzene rings is 1. The number of nitrogens with zero attached hydrogens (tertiary/aromatic N) is 1. The molecular weight excluding hydrogens is 214 g/mol. The molecule has 0 bridgehead atoms. The van der Waals surface area contributed by atoms with Gasteiger partial charge in [-0.15, -0.1) is 0 Å². The fraction of sp³-hybridized carbons (Fsp3) is 0.571. The SMILES string of the molecule is CCN1CCC(O)C(Cc2cccc(O)c2)C1. The minimum Gasteiger partial charge on any atom is -0.508 e. The molecule has 1 fully saturated rings. The number of hydrogen-bond donors (Lipinski definition) is 2. The van der Waals surface area contributed by atoms with Crippen molar-refractivity contribution in [1.82, 2.24) is 4.90 Å². The molecule has 2 rings (SSSR count). The van der Waals surface area contributed by atoms with Crippen LogP contribution in [-0.2, 0) is 6.42 Å². The third-order valence-electron chi connectivity index (χ3n) is 3.63. The van der Waals surface area contributed by atoms with Crippen LogP contribution in [0.1, 0.15) is 18.9 Å². The van der Waals surface area contributed by atoms with Crippen molar-refractivity contribution in [3.63, 3.8) is 0 Å². The van der Waals surface area contributed by atoms with E-state index in [9.17, 15) is 10.2 Å². The van der Waals surface area contributed by atoms with Crippen LogP contribution in [0.2, 0.25) is 0 Å². The fourth-order valence-corrected chi connectivity index (χ4v) is 2.57. The van der Waals surface area contributed by atoms with Gasteiger partial charge in [0.1, 0.15) is 5.75 Å². The second-order valence-electron chi connectivity index (χ2n) is 4.88. The summed E-state index contributed by atoms with van der Waals surface area (Å²) in [6.07, 6.45) is 1.49. The van der Waals surface area contributed by atoms with Crippen molar-refractivity contribution in [2.75, 3.05) is 19.6 Å². The summed E-state index contributed by atoms with van der Waals surface area (Å²) in [6, 6.07) is 7.34. The first kappa shape index (κ1) is 12.4. The van der Waals surface area contributed by atoms with Crippen LogP contribution >= 0.6 is 0 Å². The Morgan fingerprint density at radius 3 is 2.94 bits per heavy atom. The fourth-order valence-electron chi connectivity index (χ4n) is 2.57. The van der Waals surface area contributed by atoms with E-state index in [1.807, 2.05) is 12.1 Å². The number of aliphatic hydroxyl groups excluding tert-OH is 1. The van der Waals surface area contributed by atoms with Crippen molar-refractivity contribution in [1.29, 1.82) is 0 Å². The van der Waals surface area contributed by atoms with E-state index in [0.29, 0.717) is 5.75 Å². The minimum atomic E-state index is -0.208. The maximum atomic E-state index is 10.0. The average molecular weight is 235 g/mol. The van der Waals surface area contributed by atoms with Crippen LogP contribution in [0.5, 0.6) is 5.75 Å². The Morgan fingerprint density at radius 1 is 1.41 bits per heavy atom. The first-order valence-electron chi connectivity index (χ1n) is 6.37. The Balaban J connectivity index is 2.01. The molecule has 1 heterocycles. The molecule has 2 atom stereocenters. The van der Waals surface area contributed by atoms with Gasteiger partial charge in [0, 0.05) is 19.0 Å². The molecule has 1 aliphatic heterocycles.